The van der Waals surface area contributed by atoms with Crippen LogP contribution in [-0.2, 0) is 11.3 Å². The van der Waals surface area contributed by atoms with Crippen LogP contribution in [0, 0.1) is 0 Å². The summed E-state index contributed by atoms with van der Waals surface area (Å²) in [5.41, 5.74) is 0.141. The zero-order valence-corrected chi connectivity index (χ0v) is 14.4. The van der Waals surface area contributed by atoms with E-state index in [4.69, 9.17) is 0 Å². The maximum Gasteiger partial charge on any atom is 0.273 e. The number of thiazole rings is 1. The highest BCUT2D eigenvalue weighted by molar-refractivity contribution is 7.22. The van der Waals surface area contributed by atoms with Crippen molar-refractivity contribution in [2.45, 2.75) is 13.0 Å². The van der Waals surface area contributed by atoms with Gasteiger partial charge in [0, 0.05) is 6.42 Å². The molecule has 2 aromatic heterocycles. The van der Waals surface area contributed by atoms with Crippen LogP contribution in [0.2, 0.25) is 0 Å². The number of para-hydroxylation sites is 1. The van der Waals surface area contributed by atoms with Gasteiger partial charge in [0.05, 0.1) is 27.5 Å². The lowest BCUT2D eigenvalue weighted by atomic mass is 10.2. The first-order chi connectivity index (χ1) is 12.6. The van der Waals surface area contributed by atoms with Crippen LogP contribution >= 0.6 is 11.3 Å². The summed E-state index contributed by atoms with van der Waals surface area (Å²) in [5, 5.41) is 6.43. The summed E-state index contributed by atoms with van der Waals surface area (Å²) in [7, 11) is 0. The number of carbonyl (C=O) groups is 1. The van der Waals surface area contributed by atoms with Gasteiger partial charge >= 0.3 is 0 Å². The molecule has 1 amide bonds. The molecule has 2 heterocycles. The molecule has 26 heavy (non-hydrogen) atoms. The smallest absolute Gasteiger partial charge is 0.273 e. The predicted molar refractivity (Wildman–Crippen MR) is 102 cm³/mol. The summed E-state index contributed by atoms with van der Waals surface area (Å²) in [4.78, 5) is 41.0. The maximum absolute atomic E-state index is 12.4. The minimum absolute atomic E-state index is 0.0457. The summed E-state index contributed by atoms with van der Waals surface area (Å²) in [6.45, 7) is 0.0790. The maximum atomic E-state index is 12.4. The van der Waals surface area contributed by atoms with E-state index >= 15 is 0 Å². The molecule has 4 rings (SSSR count). The molecule has 0 bridgehead atoms. The summed E-state index contributed by atoms with van der Waals surface area (Å²) >= 11 is 1.39. The summed E-state index contributed by atoms with van der Waals surface area (Å²) < 4.78 is 2.15. The Labute approximate surface area is 150 Å². The normalized spacial score (nSPS) is 11.1. The van der Waals surface area contributed by atoms with Crippen molar-refractivity contribution in [1.82, 2.24) is 14.8 Å². The van der Waals surface area contributed by atoms with Crippen LogP contribution in [0.1, 0.15) is 6.42 Å². The number of benzene rings is 2. The largest absolute Gasteiger partial charge is 0.302 e. The average Bonchev–Trinajstić information content (AvgIpc) is 3.05. The molecular weight excluding hydrogens is 352 g/mol. The zero-order valence-electron chi connectivity index (χ0n) is 13.6. The monoisotopic (exact) mass is 366 g/mol. The second-order valence-corrected chi connectivity index (χ2v) is 6.76. The van der Waals surface area contributed by atoms with Gasteiger partial charge in [0.25, 0.3) is 11.1 Å². The summed E-state index contributed by atoms with van der Waals surface area (Å²) in [5.74, 6) is -0.273. The molecule has 0 aliphatic rings. The van der Waals surface area contributed by atoms with E-state index in [9.17, 15) is 14.4 Å². The van der Waals surface area contributed by atoms with Gasteiger partial charge in [-0.05, 0) is 24.3 Å². The van der Waals surface area contributed by atoms with E-state index in [0.29, 0.717) is 15.9 Å². The Bertz CT molecular complexity index is 1210. The molecular formula is C18H14N4O3S. The second-order valence-electron chi connectivity index (χ2n) is 5.73. The standard InChI is InChI=1S/C18H14N4O3S/c23-15(20-18-19-13-7-3-4-8-14(13)26-18)9-10-22-17(25)12-6-2-1-5-11(12)16(24)21-22/h1-8H,9-10H2,(H,21,24)(H,19,20,23). The van der Waals surface area contributed by atoms with Gasteiger partial charge in [0.2, 0.25) is 5.91 Å². The van der Waals surface area contributed by atoms with Gasteiger partial charge in [0.1, 0.15) is 0 Å². The van der Waals surface area contributed by atoms with Crippen molar-refractivity contribution in [3.8, 4) is 0 Å². The number of H-pyrrole nitrogens is 1. The number of aromatic amines is 1. The molecule has 0 saturated carbocycles. The van der Waals surface area contributed by atoms with Gasteiger partial charge in [-0.25, -0.2) is 9.67 Å². The summed E-state index contributed by atoms with van der Waals surface area (Å²) in [6.07, 6.45) is 0.0457. The Morgan fingerprint density at radius 2 is 1.81 bits per heavy atom. The number of aryl methyl sites for hydroxylation is 1. The van der Waals surface area contributed by atoms with Crippen LogP contribution in [0.25, 0.3) is 21.0 Å². The first-order valence-electron chi connectivity index (χ1n) is 7.99. The van der Waals surface area contributed by atoms with Crippen molar-refractivity contribution in [3.05, 3.63) is 69.2 Å². The topological polar surface area (TPSA) is 96.9 Å². The van der Waals surface area contributed by atoms with E-state index in [0.717, 1.165) is 10.2 Å². The van der Waals surface area contributed by atoms with E-state index in [1.807, 2.05) is 24.3 Å². The number of nitrogens with zero attached hydrogens (tertiary/aromatic N) is 2. The molecule has 0 aliphatic carbocycles. The van der Waals surface area contributed by atoms with E-state index in [-0.39, 0.29) is 30.0 Å². The molecule has 0 radical (unpaired) electrons. The van der Waals surface area contributed by atoms with Crippen LogP contribution in [0.4, 0.5) is 5.13 Å². The Morgan fingerprint density at radius 3 is 2.62 bits per heavy atom. The third-order valence-corrected chi connectivity index (χ3v) is 4.94. The molecule has 0 atom stereocenters. The number of aromatic nitrogens is 3. The third-order valence-electron chi connectivity index (χ3n) is 3.99. The van der Waals surface area contributed by atoms with Crippen LogP contribution < -0.4 is 16.4 Å². The van der Waals surface area contributed by atoms with Gasteiger partial charge in [-0.15, -0.1) is 0 Å². The van der Waals surface area contributed by atoms with Gasteiger partial charge in [0.15, 0.2) is 5.13 Å². The number of hydrogen-bond acceptors (Lipinski definition) is 5. The van der Waals surface area contributed by atoms with Crippen LogP contribution in [0.3, 0.4) is 0 Å². The number of fused-ring (bicyclic) bond motifs is 2. The molecule has 0 saturated heterocycles. The first kappa shape index (κ1) is 16.2. The molecule has 8 heteroatoms. The molecule has 2 N–H and O–H groups in total. The van der Waals surface area contributed by atoms with E-state index in [2.05, 4.69) is 15.4 Å². The van der Waals surface area contributed by atoms with Gasteiger partial charge in [-0.3, -0.25) is 19.5 Å². The fourth-order valence-electron chi connectivity index (χ4n) is 2.72. The molecule has 130 valence electrons. The second kappa shape index (κ2) is 6.57. The number of anilines is 1. The lowest BCUT2D eigenvalue weighted by Gasteiger charge is -2.07. The highest BCUT2D eigenvalue weighted by atomic mass is 32.1. The van der Waals surface area contributed by atoms with Crippen molar-refractivity contribution in [1.29, 1.82) is 0 Å². The van der Waals surface area contributed by atoms with Crippen LogP contribution in [-0.4, -0.2) is 20.7 Å². The molecule has 0 aliphatic heterocycles. The lowest BCUT2D eigenvalue weighted by molar-refractivity contribution is -0.116. The molecule has 0 fully saturated rings. The quantitative estimate of drug-likeness (QED) is 0.579. The van der Waals surface area contributed by atoms with Crippen molar-refractivity contribution < 1.29 is 4.79 Å². The number of nitrogens with one attached hydrogen (secondary N) is 2. The van der Waals surface area contributed by atoms with Gasteiger partial charge in [-0.2, -0.15) is 0 Å². The zero-order chi connectivity index (χ0) is 18.1. The number of carbonyl (C=O) groups excluding carboxylic acids is 1. The van der Waals surface area contributed by atoms with E-state index in [1.54, 1.807) is 24.3 Å². The fourth-order valence-corrected chi connectivity index (χ4v) is 3.61. The van der Waals surface area contributed by atoms with Crippen LogP contribution in [0.15, 0.2) is 58.1 Å². The van der Waals surface area contributed by atoms with Crippen LogP contribution in [0.5, 0.6) is 0 Å². The predicted octanol–water partition coefficient (Wildman–Crippen LogP) is 2.33. The Hall–Kier alpha value is -3.26. The van der Waals surface area contributed by atoms with Crippen molar-refractivity contribution in [3.63, 3.8) is 0 Å². The highest BCUT2D eigenvalue weighted by Crippen LogP contribution is 2.25. The minimum Gasteiger partial charge on any atom is -0.302 e. The number of amides is 1. The molecule has 0 spiro atoms. The Balaban J connectivity index is 1.51. The SMILES string of the molecule is O=C(CCn1[nH]c(=O)c2ccccc2c1=O)Nc1nc2ccccc2s1. The average molecular weight is 366 g/mol. The third kappa shape index (κ3) is 3.02. The minimum atomic E-state index is -0.355. The van der Waals surface area contributed by atoms with Gasteiger partial charge in [-0.1, -0.05) is 35.6 Å². The molecule has 4 aromatic rings. The van der Waals surface area contributed by atoms with Crippen molar-refractivity contribution in [2.24, 2.45) is 0 Å². The fraction of sp³-hybridized carbons (Fsp3) is 0.111. The van der Waals surface area contributed by atoms with E-state index < -0.39 is 0 Å². The van der Waals surface area contributed by atoms with E-state index in [1.165, 1.54) is 16.0 Å². The molecule has 2 aromatic carbocycles. The molecule has 7 nitrogen and oxygen atoms in total. The first-order valence-corrected chi connectivity index (χ1v) is 8.81. The molecule has 0 unspecified atom stereocenters. The van der Waals surface area contributed by atoms with Crippen molar-refractivity contribution in [2.75, 3.05) is 5.32 Å². The number of rotatable bonds is 4. The highest BCUT2D eigenvalue weighted by Gasteiger charge is 2.10. The Morgan fingerprint density at radius 1 is 1.08 bits per heavy atom. The lowest BCUT2D eigenvalue weighted by Crippen LogP contribution is -2.31. The van der Waals surface area contributed by atoms with Gasteiger partial charge < -0.3 is 5.32 Å². The summed E-state index contributed by atoms with van der Waals surface area (Å²) in [6, 6.07) is 14.2. The van der Waals surface area contributed by atoms with Crippen molar-refractivity contribution >= 4 is 43.4 Å². The number of hydrogen-bond donors (Lipinski definition) is 2. The Kier molecular flexibility index (Phi) is 4.10.